The van der Waals surface area contributed by atoms with E-state index in [1.165, 1.54) is 22.9 Å². The molecular weight excluding hydrogens is 270 g/mol. The van der Waals surface area contributed by atoms with Crippen molar-refractivity contribution in [3.8, 4) is 0 Å². The van der Waals surface area contributed by atoms with Gasteiger partial charge in [-0.25, -0.2) is 0 Å². The first kappa shape index (κ1) is 9.05. The van der Waals surface area contributed by atoms with Crippen molar-refractivity contribution in [1.29, 1.82) is 0 Å². The van der Waals surface area contributed by atoms with Gasteiger partial charge in [0.15, 0.2) is 0 Å². The van der Waals surface area contributed by atoms with E-state index in [1.807, 2.05) is 11.4 Å². The topological polar surface area (TPSA) is 30.0 Å². The molecule has 5 heteroatoms. The number of hydrogen-bond donors (Lipinski definition) is 0. The van der Waals surface area contributed by atoms with Gasteiger partial charge in [-0.3, -0.25) is 4.79 Å². The molecule has 0 bridgehead atoms. The van der Waals surface area contributed by atoms with Gasteiger partial charge in [-0.2, -0.15) is 4.37 Å². The van der Waals surface area contributed by atoms with Crippen molar-refractivity contribution >= 4 is 44.6 Å². The smallest absolute Gasteiger partial charge is 0.223 e. The first-order valence-electron chi connectivity index (χ1n) is 3.47. The highest BCUT2D eigenvalue weighted by atomic mass is 79.9. The Morgan fingerprint density at radius 2 is 2.23 bits per heavy atom. The van der Waals surface area contributed by atoms with Crippen molar-refractivity contribution in [3.05, 3.63) is 37.9 Å². The standard InChI is InChI=1S/C8H4BrNOS2/c9-5-1-3-12-8(5)7(11)6-2-4-13-10-6/h1-4H. The number of halogens is 1. The Labute approximate surface area is 91.5 Å². The lowest BCUT2D eigenvalue weighted by molar-refractivity contribution is 0.103. The number of carbonyl (C=O) groups excluding carboxylic acids is 1. The van der Waals surface area contributed by atoms with E-state index >= 15 is 0 Å². The molecule has 0 saturated heterocycles. The zero-order chi connectivity index (χ0) is 9.26. The first-order valence-corrected chi connectivity index (χ1v) is 5.98. The molecule has 0 aromatic carbocycles. The van der Waals surface area contributed by atoms with Crippen LogP contribution in [0.1, 0.15) is 15.4 Å². The Hall–Kier alpha value is -0.520. The summed E-state index contributed by atoms with van der Waals surface area (Å²) in [6.45, 7) is 0. The fourth-order valence-electron chi connectivity index (χ4n) is 0.902. The van der Waals surface area contributed by atoms with Crippen molar-refractivity contribution < 1.29 is 4.79 Å². The second kappa shape index (κ2) is 3.69. The largest absolute Gasteiger partial charge is 0.286 e. The summed E-state index contributed by atoms with van der Waals surface area (Å²) in [7, 11) is 0. The third kappa shape index (κ3) is 1.72. The van der Waals surface area contributed by atoms with Crippen LogP contribution in [0.25, 0.3) is 0 Å². The van der Waals surface area contributed by atoms with Gasteiger partial charge in [0.1, 0.15) is 5.69 Å². The zero-order valence-electron chi connectivity index (χ0n) is 6.36. The van der Waals surface area contributed by atoms with Crippen LogP contribution in [0.15, 0.2) is 27.4 Å². The molecule has 2 nitrogen and oxygen atoms in total. The van der Waals surface area contributed by atoms with E-state index in [2.05, 4.69) is 20.3 Å². The van der Waals surface area contributed by atoms with Crippen molar-refractivity contribution in [2.75, 3.05) is 0 Å². The summed E-state index contributed by atoms with van der Waals surface area (Å²) in [4.78, 5) is 12.4. The molecule has 0 N–H and O–H groups in total. The third-order valence-electron chi connectivity index (χ3n) is 1.49. The molecule has 0 radical (unpaired) electrons. The van der Waals surface area contributed by atoms with Gasteiger partial charge in [0.25, 0.3) is 0 Å². The minimum atomic E-state index is -0.0110. The first-order chi connectivity index (χ1) is 6.29. The lowest BCUT2D eigenvalue weighted by Crippen LogP contribution is -1.98. The van der Waals surface area contributed by atoms with Crippen LogP contribution in [0, 0.1) is 0 Å². The predicted octanol–water partition coefficient (Wildman–Crippen LogP) is 3.20. The summed E-state index contributed by atoms with van der Waals surface area (Å²) in [6.07, 6.45) is 0. The Balaban J connectivity index is 2.39. The van der Waals surface area contributed by atoms with Crippen LogP contribution in [0.4, 0.5) is 0 Å². The van der Waals surface area contributed by atoms with Crippen molar-refractivity contribution in [2.45, 2.75) is 0 Å². The lowest BCUT2D eigenvalue weighted by Gasteiger charge is -1.92. The predicted molar refractivity (Wildman–Crippen MR) is 57.6 cm³/mol. The highest BCUT2D eigenvalue weighted by Crippen LogP contribution is 2.25. The van der Waals surface area contributed by atoms with Crippen LogP contribution in [0.5, 0.6) is 0 Å². The van der Waals surface area contributed by atoms with Crippen LogP contribution in [-0.4, -0.2) is 10.2 Å². The summed E-state index contributed by atoms with van der Waals surface area (Å²) < 4.78 is 4.83. The van der Waals surface area contributed by atoms with Gasteiger partial charge >= 0.3 is 0 Å². The molecule has 2 aromatic rings. The molecule has 2 rings (SSSR count). The molecule has 0 fully saturated rings. The third-order valence-corrected chi connectivity index (χ3v) is 3.89. The number of ketones is 1. The Morgan fingerprint density at radius 1 is 1.38 bits per heavy atom. The van der Waals surface area contributed by atoms with Gasteiger partial charge in [0.2, 0.25) is 5.78 Å². The highest BCUT2D eigenvalue weighted by Gasteiger charge is 2.15. The van der Waals surface area contributed by atoms with E-state index in [1.54, 1.807) is 11.4 Å². The average molecular weight is 274 g/mol. The molecule has 0 unspecified atom stereocenters. The zero-order valence-corrected chi connectivity index (χ0v) is 9.58. The summed E-state index contributed by atoms with van der Waals surface area (Å²) in [6, 6.07) is 3.60. The van der Waals surface area contributed by atoms with Crippen molar-refractivity contribution in [3.63, 3.8) is 0 Å². The maximum Gasteiger partial charge on any atom is 0.223 e. The van der Waals surface area contributed by atoms with Crippen molar-refractivity contribution in [2.24, 2.45) is 0 Å². The molecule has 66 valence electrons. The SMILES string of the molecule is O=C(c1ccsn1)c1sccc1Br. The van der Waals surface area contributed by atoms with E-state index in [4.69, 9.17) is 0 Å². The molecule has 2 aromatic heterocycles. The molecular formula is C8H4BrNOS2. The molecule has 0 saturated carbocycles. The van der Waals surface area contributed by atoms with Gasteiger partial charge in [-0.1, -0.05) is 0 Å². The number of rotatable bonds is 2. The summed E-state index contributed by atoms with van der Waals surface area (Å²) in [5, 5.41) is 3.68. The van der Waals surface area contributed by atoms with Gasteiger partial charge < -0.3 is 0 Å². The highest BCUT2D eigenvalue weighted by molar-refractivity contribution is 9.10. The lowest BCUT2D eigenvalue weighted by atomic mass is 10.2. The number of hydrogen-bond acceptors (Lipinski definition) is 4. The minimum Gasteiger partial charge on any atom is -0.286 e. The maximum atomic E-state index is 11.7. The minimum absolute atomic E-state index is 0.0110. The van der Waals surface area contributed by atoms with E-state index in [0.29, 0.717) is 10.6 Å². The van der Waals surface area contributed by atoms with Crippen LogP contribution < -0.4 is 0 Å². The molecule has 0 amide bonds. The summed E-state index contributed by atoms with van der Waals surface area (Å²) in [5.74, 6) is -0.0110. The Morgan fingerprint density at radius 3 is 2.77 bits per heavy atom. The van der Waals surface area contributed by atoms with E-state index < -0.39 is 0 Å². The number of aromatic nitrogens is 1. The van der Waals surface area contributed by atoms with Crippen LogP contribution in [0.2, 0.25) is 0 Å². The fraction of sp³-hybridized carbons (Fsp3) is 0. The molecule has 13 heavy (non-hydrogen) atoms. The molecule has 0 aliphatic carbocycles. The van der Waals surface area contributed by atoms with Gasteiger partial charge in [0, 0.05) is 9.85 Å². The molecule has 2 heterocycles. The van der Waals surface area contributed by atoms with Crippen LogP contribution in [-0.2, 0) is 0 Å². The fourth-order valence-corrected chi connectivity index (χ4v) is 2.91. The van der Waals surface area contributed by atoms with E-state index in [0.717, 1.165) is 4.47 Å². The normalized spacial score (nSPS) is 10.2. The Bertz CT molecular complexity index is 421. The molecule has 0 aliphatic heterocycles. The number of thiophene rings is 1. The number of carbonyl (C=O) groups is 1. The van der Waals surface area contributed by atoms with Gasteiger partial charge in [-0.05, 0) is 45.0 Å². The van der Waals surface area contributed by atoms with Gasteiger partial charge in [0.05, 0.1) is 4.88 Å². The van der Waals surface area contributed by atoms with Crippen LogP contribution in [0.3, 0.4) is 0 Å². The molecule has 0 spiro atoms. The van der Waals surface area contributed by atoms with Crippen molar-refractivity contribution in [1.82, 2.24) is 4.37 Å². The monoisotopic (exact) mass is 273 g/mol. The number of nitrogens with zero attached hydrogens (tertiary/aromatic N) is 1. The van der Waals surface area contributed by atoms with Crippen LogP contribution >= 0.6 is 38.8 Å². The second-order valence-corrected chi connectivity index (χ2v) is 4.75. The Kier molecular flexibility index (Phi) is 2.57. The molecule has 0 aliphatic rings. The maximum absolute atomic E-state index is 11.7. The molecule has 0 atom stereocenters. The quantitative estimate of drug-likeness (QED) is 0.787. The summed E-state index contributed by atoms with van der Waals surface area (Å²) in [5.41, 5.74) is 0.521. The van der Waals surface area contributed by atoms with E-state index in [9.17, 15) is 4.79 Å². The second-order valence-electron chi connectivity index (χ2n) is 2.31. The summed E-state index contributed by atoms with van der Waals surface area (Å²) >= 11 is 6.03. The van der Waals surface area contributed by atoms with Gasteiger partial charge in [-0.15, -0.1) is 11.3 Å². The van der Waals surface area contributed by atoms with E-state index in [-0.39, 0.29) is 5.78 Å². The average Bonchev–Trinajstić information content (AvgIpc) is 2.72.